The van der Waals surface area contributed by atoms with Gasteiger partial charge in [0, 0.05) is 4.88 Å². The van der Waals surface area contributed by atoms with E-state index in [1.54, 1.807) is 25.3 Å². The first kappa shape index (κ1) is 18.3. The van der Waals surface area contributed by atoms with E-state index in [4.69, 9.17) is 15.2 Å². The number of hydrogen-bond donors (Lipinski definition) is 1. The van der Waals surface area contributed by atoms with Crippen LogP contribution in [0.4, 0.5) is 0 Å². The largest absolute Gasteiger partial charge is 0.497 e. The maximum atomic E-state index is 12.5. The van der Waals surface area contributed by atoms with Gasteiger partial charge in [0.05, 0.1) is 37.7 Å². The van der Waals surface area contributed by atoms with Gasteiger partial charge in [0.1, 0.15) is 11.5 Å². The number of nitrogens with two attached hydrogens (primary N) is 1. The molecule has 0 unspecified atom stereocenters. The number of primary amides is 1. The highest BCUT2D eigenvalue weighted by atomic mass is 32.2. The highest BCUT2D eigenvalue weighted by Gasteiger charge is 2.16. The summed E-state index contributed by atoms with van der Waals surface area (Å²) in [5.74, 6) is 0.839. The molecule has 0 aliphatic rings. The van der Waals surface area contributed by atoms with Crippen molar-refractivity contribution >= 4 is 34.8 Å². The second kappa shape index (κ2) is 8.16. The van der Waals surface area contributed by atoms with Crippen molar-refractivity contribution in [2.24, 2.45) is 5.73 Å². The van der Waals surface area contributed by atoms with E-state index in [0.29, 0.717) is 17.1 Å². The monoisotopic (exact) mass is 366 g/mol. The van der Waals surface area contributed by atoms with Crippen LogP contribution in [-0.2, 0) is 11.2 Å². The molecule has 2 rings (SSSR count). The van der Waals surface area contributed by atoms with Gasteiger partial charge in [0.25, 0.3) is 0 Å². The molecule has 1 aromatic heterocycles. The van der Waals surface area contributed by atoms with Crippen LogP contribution in [0.2, 0.25) is 0 Å². The van der Waals surface area contributed by atoms with Crippen LogP contribution in [0.3, 0.4) is 0 Å². The average molecular weight is 366 g/mol. The van der Waals surface area contributed by atoms with Gasteiger partial charge in [-0.2, -0.15) is 0 Å². The summed E-state index contributed by atoms with van der Waals surface area (Å²) >= 11 is 2.71. The molecule has 24 heavy (non-hydrogen) atoms. The summed E-state index contributed by atoms with van der Waals surface area (Å²) in [7, 11) is 3.06. The van der Waals surface area contributed by atoms with Crippen molar-refractivity contribution in [1.29, 1.82) is 0 Å². The standard InChI is InChI=1S/C16H18N2O4S2/c1-9-14(7-15(17)20)24-16(18-9)23-8-12(19)11-6-10(21-2)4-5-13(11)22-3/h4-6H,7-8H2,1-3H3,(H2,17,20). The first-order chi connectivity index (χ1) is 11.4. The van der Waals surface area contributed by atoms with Crippen molar-refractivity contribution in [3.05, 3.63) is 34.3 Å². The Kier molecular flexibility index (Phi) is 6.22. The number of ketones is 1. The zero-order valence-corrected chi connectivity index (χ0v) is 15.3. The molecule has 0 spiro atoms. The summed E-state index contributed by atoms with van der Waals surface area (Å²) in [6.07, 6.45) is 0.168. The third kappa shape index (κ3) is 4.48. The van der Waals surface area contributed by atoms with Crippen molar-refractivity contribution in [3.8, 4) is 11.5 Å². The maximum Gasteiger partial charge on any atom is 0.222 e. The first-order valence-electron chi connectivity index (χ1n) is 7.07. The van der Waals surface area contributed by atoms with E-state index in [1.165, 1.54) is 30.2 Å². The van der Waals surface area contributed by atoms with E-state index in [9.17, 15) is 9.59 Å². The van der Waals surface area contributed by atoms with Crippen LogP contribution in [0, 0.1) is 6.92 Å². The molecule has 0 aliphatic carbocycles. The fourth-order valence-corrected chi connectivity index (χ4v) is 4.15. The van der Waals surface area contributed by atoms with Crippen molar-refractivity contribution < 1.29 is 19.1 Å². The van der Waals surface area contributed by atoms with Gasteiger partial charge in [-0.05, 0) is 25.1 Å². The fourth-order valence-electron chi connectivity index (χ4n) is 2.02. The highest BCUT2D eigenvalue weighted by Crippen LogP contribution is 2.30. The van der Waals surface area contributed by atoms with Gasteiger partial charge in [-0.3, -0.25) is 9.59 Å². The van der Waals surface area contributed by atoms with E-state index in [-0.39, 0.29) is 18.0 Å². The predicted octanol–water partition coefficient (Wildman–Crippen LogP) is 2.47. The lowest BCUT2D eigenvalue weighted by atomic mass is 10.1. The smallest absolute Gasteiger partial charge is 0.222 e. The predicted molar refractivity (Wildman–Crippen MR) is 94.3 cm³/mol. The molecule has 0 radical (unpaired) electrons. The third-order valence-corrected chi connectivity index (χ3v) is 5.54. The second-order valence-corrected chi connectivity index (χ2v) is 7.22. The van der Waals surface area contributed by atoms with Crippen molar-refractivity contribution in [3.63, 3.8) is 0 Å². The van der Waals surface area contributed by atoms with Crippen LogP contribution in [-0.4, -0.2) is 36.6 Å². The number of nitrogens with zero attached hydrogens (tertiary/aromatic N) is 1. The number of Topliss-reactive ketones (excluding diaryl/α,β-unsaturated/α-hetero) is 1. The normalized spacial score (nSPS) is 10.5. The third-order valence-electron chi connectivity index (χ3n) is 3.24. The van der Waals surface area contributed by atoms with Gasteiger partial charge in [-0.1, -0.05) is 11.8 Å². The van der Waals surface area contributed by atoms with E-state index in [0.717, 1.165) is 14.9 Å². The van der Waals surface area contributed by atoms with Gasteiger partial charge >= 0.3 is 0 Å². The number of ether oxygens (including phenoxy) is 2. The zero-order chi connectivity index (χ0) is 17.7. The zero-order valence-electron chi connectivity index (χ0n) is 13.6. The molecule has 1 amide bonds. The minimum absolute atomic E-state index is 0.0833. The van der Waals surface area contributed by atoms with Gasteiger partial charge in [0.2, 0.25) is 5.91 Å². The SMILES string of the molecule is COc1ccc(OC)c(C(=O)CSc2nc(C)c(CC(N)=O)s2)c1. The lowest BCUT2D eigenvalue weighted by Crippen LogP contribution is -2.13. The summed E-state index contributed by atoms with van der Waals surface area (Å²) in [6, 6.07) is 5.10. The lowest BCUT2D eigenvalue weighted by molar-refractivity contribution is -0.117. The highest BCUT2D eigenvalue weighted by molar-refractivity contribution is 8.01. The van der Waals surface area contributed by atoms with Gasteiger partial charge in [0.15, 0.2) is 10.1 Å². The molecule has 0 saturated heterocycles. The van der Waals surface area contributed by atoms with E-state index < -0.39 is 5.91 Å². The number of hydrogen-bond acceptors (Lipinski definition) is 7. The van der Waals surface area contributed by atoms with E-state index in [1.807, 2.05) is 6.92 Å². The number of methoxy groups -OCH3 is 2. The Hall–Kier alpha value is -2.06. The van der Waals surface area contributed by atoms with E-state index >= 15 is 0 Å². The minimum atomic E-state index is -0.393. The molecule has 0 aliphatic heterocycles. The Balaban J connectivity index is 2.09. The van der Waals surface area contributed by atoms with Crippen LogP contribution in [0.15, 0.2) is 22.5 Å². The molecule has 128 valence electrons. The summed E-state index contributed by atoms with van der Waals surface area (Å²) in [5, 5.41) is 0. The molecule has 0 fully saturated rings. The molecule has 0 bridgehead atoms. The van der Waals surface area contributed by atoms with Crippen LogP contribution in [0.25, 0.3) is 0 Å². The number of aryl methyl sites for hydroxylation is 1. The Morgan fingerprint density at radius 1 is 1.29 bits per heavy atom. The fraction of sp³-hybridized carbons (Fsp3) is 0.312. The Morgan fingerprint density at radius 2 is 2.04 bits per heavy atom. The molecule has 1 aromatic carbocycles. The molecule has 1 heterocycles. The quantitative estimate of drug-likeness (QED) is 0.570. The lowest BCUT2D eigenvalue weighted by Gasteiger charge is -2.09. The Bertz CT molecular complexity index is 759. The Labute approximate surface area is 148 Å². The minimum Gasteiger partial charge on any atom is -0.497 e. The molecular formula is C16H18N2O4S2. The molecule has 6 nitrogen and oxygen atoms in total. The van der Waals surface area contributed by atoms with Crippen molar-refractivity contribution in [1.82, 2.24) is 4.98 Å². The molecule has 0 atom stereocenters. The van der Waals surface area contributed by atoms with Crippen LogP contribution in [0.5, 0.6) is 11.5 Å². The Morgan fingerprint density at radius 3 is 2.67 bits per heavy atom. The summed E-state index contributed by atoms with van der Waals surface area (Å²) in [4.78, 5) is 28.7. The number of thioether (sulfide) groups is 1. The van der Waals surface area contributed by atoms with E-state index in [2.05, 4.69) is 4.98 Å². The molecular weight excluding hydrogens is 348 g/mol. The van der Waals surface area contributed by atoms with Crippen molar-refractivity contribution in [2.75, 3.05) is 20.0 Å². The number of carbonyl (C=O) groups excluding carboxylic acids is 2. The molecule has 2 aromatic rings. The maximum absolute atomic E-state index is 12.5. The van der Waals surface area contributed by atoms with Crippen molar-refractivity contribution in [2.45, 2.75) is 17.7 Å². The number of rotatable bonds is 8. The first-order valence-corrected chi connectivity index (χ1v) is 8.87. The number of thiazole rings is 1. The topological polar surface area (TPSA) is 91.5 Å². The van der Waals surface area contributed by atoms with Gasteiger partial charge in [-0.25, -0.2) is 4.98 Å². The molecule has 0 saturated carbocycles. The summed E-state index contributed by atoms with van der Waals surface area (Å²) in [6.45, 7) is 1.83. The number of carbonyl (C=O) groups is 2. The average Bonchev–Trinajstić information content (AvgIpc) is 2.91. The van der Waals surface area contributed by atoms with Crippen LogP contribution < -0.4 is 15.2 Å². The summed E-state index contributed by atoms with van der Waals surface area (Å²) in [5.41, 5.74) is 6.45. The van der Waals surface area contributed by atoms with Gasteiger partial charge < -0.3 is 15.2 Å². The van der Waals surface area contributed by atoms with Gasteiger partial charge in [-0.15, -0.1) is 11.3 Å². The number of benzene rings is 1. The van der Waals surface area contributed by atoms with Crippen LogP contribution in [0.1, 0.15) is 20.9 Å². The number of aromatic nitrogens is 1. The van der Waals surface area contributed by atoms with Crippen LogP contribution >= 0.6 is 23.1 Å². The molecule has 2 N–H and O–H groups in total. The second-order valence-electron chi connectivity index (χ2n) is 4.91. The number of amides is 1. The summed E-state index contributed by atoms with van der Waals surface area (Å²) < 4.78 is 11.1. The molecule has 8 heteroatoms.